The third kappa shape index (κ3) is 8.21. The van der Waals surface area contributed by atoms with Crippen molar-refractivity contribution in [2.24, 2.45) is 0 Å². The number of sulfonamides is 1. The van der Waals surface area contributed by atoms with Crippen LogP contribution in [0.25, 0.3) is 0 Å². The Morgan fingerprint density at radius 2 is 1.49 bits per heavy atom. The summed E-state index contributed by atoms with van der Waals surface area (Å²) in [4.78, 5) is 28.8. The Balaban J connectivity index is 2.07. The maximum absolute atomic E-state index is 14.0. The third-order valence-corrected chi connectivity index (χ3v) is 8.17. The minimum atomic E-state index is -3.84. The molecule has 3 aromatic carbocycles. The summed E-state index contributed by atoms with van der Waals surface area (Å²) >= 11 is 12.9. The molecule has 0 unspecified atom stereocenters. The molecular formula is C29H33Cl2N3O4S. The molecule has 208 valence electrons. The highest BCUT2D eigenvalue weighted by Crippen LogP contribution is 2.28. The van der Waals surface area contributed by atoms with E-state index >= 15 is 0 Å². The van der Waals surface area contributed by atoms with Crippen molar-refractivity contribution >= 4 is 50.7 Å². The molecule has 0 fully saturated rings. The predicted octanol–water partition coefficient (Wildman–Crippen LogP) is 5.10. The Morgan fingerprint density at radius 1 is 0.872 bits per heavy atom. The summed E-state index contributed by atoms with van der Waals surface area (Å²) in [5.74, 6) is -0.931. The SMILES string of the molecule is CCNC(=O)[C@@H](Cc1ccccc1)N(Cc1c(Cl)cccc1Cl)C(=O)CN(c1ccc(CC)cc1)S(C)(=O)=O. The fourth-order valence-electron chi connectivity index (χ4n) is 4.21. The molecule has 3 rings (SSSR count). The van der Waals surface area contributed by atoms with E-state index in [4.69, 9.17) is 23.2 Å². The van der Waals surface area contributed by atoms with Crippen molar-refractivity contribution in [2.45, 2.75) is 39.3 Å². The van der Waals surface area contributed by atoms with Crippen molar-refractivity contribution < 1.29 is 18.0 Å². The Labute approximate surface area is 240 Å². The molecule has 0 aromatic heterocycles. The number of anilines is 1. The number of aryl methyl sites for hydroxylation is 1. The van der Waals surface area contributed by atoms with Gasteiger partial charge in [0.05, 0.1) is 11.9 Å². The average Bonchev–Trinajstić information content (AvgIpc) is 2.90. The van der Waals surface area contributed by atoms with Gasteiger partial charge in [0.2, 0.25) is 21.8 Å². The minimum Gasteiger partial charge on any atom is -0.355 e. The molecule has 3 aromatic rings. The molecular weight excluding hydrogens is 557 g/mol. The zero-order valence-electron chi connectivity index (χ0n) is 22.2. The van der Waals surface area contributed by atoms with Gasteiger partial charge in [-0.1, -0.05) is 78.7 Å². The monoisotopic (exact) mass is 589 g/mol. The number of halogens is 2. The van der Waals surface area contributed by atoms with Gasteiger partial charge in [-0.3, -0.25) is 13.9 Å². The number of amides is 2. The van der Waals surface area contributed by atoms with Crippen LogP contribution in [0.15, 0.2) is 72.8 Å². The topological polar surface area (TPSA) is 86.8 Å². The summed E-state index contributed by atoms with van der Waals surface area (Å²) in [6, 6.07) is 20.4. The molecule has 2 amide bonds. The van der Waals surface area contributed by atoms with Gasteiger partial charge in [-0.2, -0.15) is 0 Å². The van der Waals surface area contributed by atoms with Crippen molar-refractivity contribution in [1.29, 1.82) is 0 Å². The van der Waals surface area contributed by atoms with E-state index in [1.807, 2.05) is 49.4 Å². The number of rotatable bonds is 12. The second-order valence-corrected chi connectivity index (χ2v) is 11.8. The van der Waals surface area contributed by atoms with E-state index < -0.39 is 28.5 Å². The molecule has 7 nitrogen and oxygen atoms in total. The van der Waals surface area contributed by atoms with Crippen LogP contribution in [-0.2, 0) is 39.0 Å². The molecule has 10 heteroatoms. The van der Waals surface area contributed by atoms with Crippen molar-refractivity contribution in [3.63, 3.8) is 0 Å². The third-order valence-electron chi connectivity index (χ3n) is 6.32. The lowest BCUT2D eigenvalue weighted by molar-refractivity contribution is -0.140. The van der Waals surface area contributed by atoms with E-state index in [0.717, 1.165) is 28.1 Å². The van der Waals surface area contributed by atoms with E-state index in [-0.39, 0.29) is 18.9 Å². The van der Waals surface area contributed by atoms with Crippen molar-refractivity contribution in [3.8, 4) is 0 Å². The van der Waals surface area contributed by atoms with Crippen LogP contribution in [0.1, 0.15) is 30.5 Å². The number of likely N-dealkylation sites (N-methyl/N-ethyl adjacent to an activating group) is 1. The lowest BCUT2D eigenvalue weighted by atomic mass is 10.0. The first-order valence-electron chi connectivity index (χ1n) is 12.7. The number of benzene rings is 3. The van der Waals surface area contributed by atoms with Gasteiger partial charge in [0.1, 0.15) is 12.6 Å². The Morgan fingerprint density at radius 3 is 2.03 bits per heavy atom. The molecule has 0 saturated heterocycles. The zero-order valence-corrected chi connectivity index (χ0v) is 24.6. The molecule has 0 aliphatic rings. The van der Waals surface area contributed by atoms with E-state index in [2.05, 4.69) is 5.32 Å². The predicted molar refractivity (Wildman–Crippen MR) is 158 cm³/mol. The van der Waals surface area contributed by atoms with Crippen LogP contribution in [-0.4, -0.2) is 50.5 Å². The Hall–Kier alpha value is -3.07. The maximum atomic E-state index is 14.0. The summed E-state index contributed by atoms with van der Waals surface area (Å²) in [6.07, 6.45) is 2.05. The van der Waals surface area contributed by atoms with Gasteiger partial charge in [0.25, 0.3) is 0 Å². The Kier molecular flexibility index (Phi) is 10.8. The molecule has 1 N–H and O–H groups in total. The number of hydrogen-bond acceptors (Lipinski definition) is 4. The van der Waals surface area contributed by atoms with Crippen LogP contribution in [0.2, 0.25) is 10.0 Å². The molecule has 0 aliphatic heterocycles. The van der Waals surface area contributed by atoms with Crippen LogP contribution in [0.4, 0.5) is 5.69 Å². The van der Waals surface area contributed by atoms with E-state index in [1.165, 1.54) is 4.90 Å². The van der Waals surface area contributed by atoms with Gasteiger partial charge in [-0.05, 0) is 48.7 Å². The summed E-state index contributed by atoms with van der Waals surface area (Å²) < 4.78 is 26.7. The van der Waals surface area contributed by atoms with Crippen LogP contribution in [0.5, 0.6) is 0 Å². The Bertz CT molecular complexity index is 1360. The minimum absolute atomic E-state index is 0.0850. The smallest absolute Gasteiger partial charge is 0.244 e. The quantitative estimate of drug-likeness (QED) is 0.318. The average molecular weight is 591 g/mol. The van der Waals surface area contributed by atoms with Crippen molar-refractivity contribution in [1.82, 2.24) is 10.2 Å². The molecule has 0 saturated carbocycles. The summed E-state index contributed by atoms with van der Waals surface area (Å²) in [7, 11) is -3.84. The van der Waals surface area contributed by atoms with Gasteiger partial charge in [-0.25, -0.2) is 8.42 Å². The van der Waals surface area contributed by atoms with Gasteiger partial charge < -0.3 is 10.2 Å². The fraction of sp³-hybridized carbons (Fsp3) is 0.310. The first-order valence-corrected chi connectivity index (χ1v) is 15.3. The van der Waals surface area contributed by atoms with Crippen LogP contribution in [0.3, 0.4) is 0 Å². The number of nitrogens with one attached hydrogen (secondary N) is 1. The van der Waals surface area contributed by atoms with Crippen LogP contribution >= 0.6 is 23.2 Å². The number of carbonyl (C=O) groups is 2. The van der Waals surface area contributed by atoms with E-state index in [0.29, 0.717) is 27.8 Å². The molecule has 39 heavy (non-hydrogen) atoms. The highest BCUT2D eigenvalue weighted by molar-refractivity contribution is 7.92. The van der Waals surface area contributed by atoms with E-state index in [9.17, 15) is 18.0 Å². The second kappa shape index (κ2) is 13.8. The standard InChI is InChI=1S/C29H33Cl2N3O4S/c1-4-21-14-16-23(17-15-21)34(39(3,37)38)20-28(35)33(19-24-25(30)12-9-13-26(24)31)27(29(36)32-5-2)18-22-10-7-6-8-11-22/h6-17,27H,4-5,18-20H2,1-3H3,(H,32,36)/t27-/m1/s1. The lowest BCUT2D eigenvalue weighted by Crippen LogP contribution is -2.53. The largest absolute Gasteiger partial charge is 0.355 e. The van der Waals surface area contributed by atoms with Gasteiger partial charge >= 0.3 is 0 Å². The number of hydrogen-bond donors (Lipinski definition) is 1. The molecule has 0 aliphatic carbocycles. The number of carbonyl (C=O) groups excluding carboxylic acids is 2. The number of nitrogens with zero attached hydrogens (tertiary/aromatic N) is 2. The summed E-state index contributed by atoms with van der Waals surface area (Å²) in [5, 5.41) is 3.49. The zero-order chi connectivity index (χ0) is 28.6. The summed E-state index contributed by atoms with van der Waals surface area (Å²) in [6.45, 7) is 3.56. The van der Waals surface area contributed by atoms with Gasteiger partial charge in [-0.15, -0.1) is 0 Å². The molecule has 0 bridgehead atoms. The van der Waals surface area contributed by atoms with Crippen LogP contribution < -0.4 is 9.62 Å². The summed E-state index contributed by atoms with van der Waals surface area (Å²) in [5.41, 5.74) is 2.70. The highest BCUT2D eigenvalue weighted by atomic mass is 35.5. The lowest BCUT2D eigenvalue weighted by Gasteiger charge is -2.33. The molecule has 0 radical (unpaired) electrons. The van der Waals surface area contributed by atoms with Gasteiger partial charge in [0.15, 0.2) is 0 Å². The molecule has 0 spiro atoms. The van der Waals surface area contributed by atoms with Crippen LogP contribution in [0, 0.1) is 0 Å². The molecule has 1 atom stereocenters. The normalized spacial score (nSPS) is 12.0. The van der Waals surface area contributed by atoms with Gasteiger partial charge in [0, 0.05) is 35.1 Å². The first kappa shape index (κ1) is 30.5. The van der Waals surface area contributed by atoms with Crippen molar-refractivity contribution in [3.05, 3.63) is 99.5 Å². The second-order valence-electron chi connectivity index (χ2n) is 9.11. The van der Waals surface area contributed by atoms with Crippen molar-refractivity contribution in [2.75, 3.05) is 23.7 Å². The van der Waals surface area contributed by atoms with E-state index in [1.54, 1.807) is 37.3 Å². The molecule has 0 heterocycles. The fourth-order valence-corrected chi connectivity index (χ4v) is 5.58. The first-order chi connectivity index (χ1) is 18.5. The maximum Gasteiger partial charge on any atom is 0.244 e. The highest BCUT2D eigenvalue weighted by Gasteiger charge is 2.33.